The largest absolute Gasteiger partial charge is 0.321 e. The van der Waals surface area contributed by atoms with Crippen molar-refractivity contribution in [2.45, 2.75) is 0 Å². The van der Waals surface area contributed by atoms with Crippen LogP contribution >= 0.6 is 11.6 Å². The summed E-state index contributed by atoms with van der Waals surface area (Å²) in [7, 11) is 0. The normalized spacial score (nSPS) is 10.6. The molecule has 0 unspecified atom stereocenters. The van der Waals surface area contributed by atoms with E-state index in [1.165, 1.54) is 12.1 Å². The van der Waals surface area contributed by atoms with Gasteiger partial charge in [-0.2, -0.15) is 0 Å². The van der Waals surface area contributed by atoms with Crippen LogP contribution in [0.2, 0.25) is 5.02 Å². The van der Waals surface area contributed by atoms with Crippen LogP contribution in [0.25, 0.3) is 10.8 Å². The lowest BCUT2D eigenvalue weighted by molar-refractivity contribution is 0.102. The van der Waals surface area contributed by atoms with Crippen LogP contribution in [-0.2, 0) is 0 Å². The minimum atomic E-state index is -0.633. The first-order valence-electron chi connectivity index (χ1n) is 6.43. The number of carbonyl (C=O) groups excluding carboxylic acids is 1. The monoisotopic (exact) mass is 316 g/mol. The molecule has 0 fully saturated rings. The van der Waals surface area contributed by atoms with Crippen molar-refractivity contribution in [1.29, 1.82) is 0 Å². The molecule has 4 nitrogen and oxygen atoms in total. The third-order valence-electron chi connectivity index (χ3n) is 3.18. The Morgan fingerprint density at radius 3 is 2.68 bits per heavy atom. The summed E-state index contributed by atoms with van der Waals surface area (Å²) in [5.41, 5.74) is -0.00879. The van der Waals surface area contributed by atoms with Gasteiger partial charge in [0.05, 0.1) is 5.02 Å². The standard InChI is InChI=1S/C16H10ClFN2O2/c17-12-6-5-10(8-13(12)18)19-16(22)14-7-9-3-1-2-4-11(9)15(21)20-14/h1-8H,(H,19,22)(H,20,21). The number of pyridine rings is 1. The van der Waals surface area contributed by atoms with Crippen molar-refractivity contribution < 1.29 is 9.18 Å². The van der Waals surface area contributed by atoms with E-state index < -0.39 is 11.7 Å². The fourth-order valence-electron chi connectivity index (χ4n) is 2.11. The van der Waals surface area contributed by atoms with Crippen LogP contribution in [0.5, 0.6) is 0 Å². The van der Waals surface area contributed by atoms with E-state index in [1.807, 2.05) is 0 Å². The summed E-state index contributed by atoms with van der Waals surface area (Å²) in [5, 5.41) is 3.63. The number of rotatable bonds is 2. The average molecular weight is 317 g/mol. The van der Waals surface area contributed by atoms with E-state index in [0.717, 1.165) is 6.07 Å². The Kier molecular flexibility index (Phi) is 3.65. The summed E-state index contributed by atoms with van der Waals surface area (Å²) < 4.78 is 13.4. The molecule has 0 aliphatic heterocycles. The predicted molar refractivity (Wildman–Crippen MR) is 83.9 cm³/mol. The third-order valence-corrected chi connectivity index (χ3v) is 3.48. The molecular weight excluding hydrogens is 307 g/mol. The van der Waals surface area contributed by atoms with Crippen molar-refractivity contribution in [1.82, 2.24) is 4.98 Å². The van der Waals surface area contributed by atoms with Gasteiger partial charge < -0.3 is 10.3 Å². The minimum absolute atomic E-state index is 0.0305. The summed E-state index contributed by atoms with van der Waals surface area (Å²) in [6.07, 6.45) is 0. The molecule has 2 N–H and O–H groups in total. The zero-order chi connectivity index (χ0) is 15.7. The molecule has 0 spiro atoms. The molecule has 0 bridgehead atoms. The Balaban J connectivity index is 1.95. The quantitative estimate of drug-likeness (QED) is 0.759. The number of H-pyrrole nitrogens is 1. The number of aromatic amines is 1. The van der Waals surface area contributed by atoms with Gasteiger partial charge in [0, 0.05) is 11.1 Å². The van der Waals surface area contributed by atoms with Gasteiger partial charge in [0.15, 0.2) is 0 Å². The van der Waals surface area contributed by atoms with Crippen molar-refractivity contribution >= 4 is 34.0 Å². The van der Waals surface area contributed by atoms with Gasteiger partial charge in [-0.15, -0.1) is 0 Å². The van der Waals surface area contributed by atoms with Crippen molar-refractivity contribution in [2.75, 3.05) is 5.32 Å². The molecule has 0 radical (unpaired) electrons. The fourth-order valence-corrected chi connectivity index (χ4v) is 2.22. The number of fused-ring (bicyclic) bond motifs is 1. The summed E-state index contributed by atoms with van der Waals surface area (Å²) in [6, 6.07) is 12.4. The SMILES string of the molecule is O=C(Nc1ccc(Cl)c(F)c1)c1cc2ccccc2c(=O)[nH]1. The Morgan fingerprint density at radius 2 is 1.91 bits per heavy atom. The lowest BCUT2D eigenvalue weighted by Crippen LogP contribution is -2.19. The maximum Gasteiger partial charge on any atom is 0.272 e. The summed E-state index contributed by atoms with van der Waals surface area (Å²) in [6.45, 7) is 0. The molecule has 2 aromatic carbocycles. The first-order chi connectivity index (χ1) is 10.5. The van der Waals surface area contributed by atoms with E-state index in [9.17, 15) is 14.0 Å². The topological polar surface area (TPSA) is 62.0 Å². The Bertz CT molecular complexity index is 937. The molecule has 0 aliphatic carbocycles. The van der Waals surface area contributed by atoms with E-state index in [4.69, 9.17) is 11.6 Å². The first kappa shape index (κ1) is 14.3. The van der Waals surface area contributed by atoms with E-state index in [1.54, 1.807) is 30.3 Å². The van der Waals surface area contributed by atoms with Crippen LogP contribution < -0.4 is 10.9 Å². The number of aromatic nitrogens is 1. The lowest BCUT2D eigenvalue weighted by Gasteiger charge is -2.07. The second kappa shape index (κ2) is 5.61. The lowest BCUT2D eigenvalue weighted by atomic mass is 10.1. The number of anilines is 1. The van der Waals surface area contributed by atoms with Crippen molar-refractivity contribution in [3.8, 4) is 0 Å². The van der Waals surface area contributed by atoms with Gasteiger partial charge in [-0.05, 0) is 35.7 Å². The molecule has 0 aliphatic rings. The van der Waals surface area contributed by atoms with E-state index >= 15 is 0 Å². The molecule has 3 aromatic rings. The van der Waals surface area contributed by atoms with E-state index in [-0.39, 0.29) is 22.0 Å². The number of amides is 1. The molecule has 6 heteroatoms. The average Bonchev–Trinajstić information content (AvgIpc) is 2.51. The van der Waals surface area contributed by atoms with Gasteiger partial charge in [0.25, 0.3) is 11.5 Å². The Labute approximate surface area is 129 Å². The molecule has 1 heterocycles. The van der Waals surface area contributed by atoms with Crippen LogP contribution in [-0.4, -0.2) is 10.9 Å². The highest BCUT2D eigenvalue weighted by Gasteiger charge is 2.10. The fraction of sp³-hybridized carbons (Fsp3) is 0. The molecule has 0 atom stereocenters. The summed E-state index contributed by atoms with van der Waals surface area (Å²) in [4.78, 5) is 26.6. The molecule has 110 valence electrons. The minimum Gasteiger partial charge on any atom is -0.321 e. The van der Waals surface area contributed by atoms with E-state index in [0.29, 0.717) is 10.8 Å². The van der Waals surface area contributed by atoms with Crippen molar-refractivity contribution in [2.24, 2.45) is 0 Å². The van der Waals surface area contributed by atoms with E-state index in [2.05, 4.69) is 10.3 Å². The van der Waals surface area contributed by atoms with Crippen LogP contribution in [0.4, 0.5) is 10.1 Å². The van der Waals surface area contributed by atoms with Crippen LogP contribution in [0.3, 0.4) is 0 Å². The molecule has 0 saturated carbocycles. The van der Waals surface area contributed by atoms with Gasteiger partial charge in [-0.1, -0.05) is 29.8 Å². The summed E-state index contributed by atoms with van der Waals surface area (Å²) >= 11 is 5.59. The number of hydrogen-bond donors (Lipinski definition) is 2. The highest BCUT2D eigenvalue weighted by molar-refractivity contribution is 6.30. The molecule has 3 rings (SSSR count). The van der Waals surface area contributed by atoms with Gasteiger partial charge in [-0.25, -0.2) is 4.39 Å². The van der Waals surface area contributed by atoms with Gasteiger partial charge in [-0.3, -0.25) is 9.59 Å². The Morgan fingerprint density at radius 1 is 1.14 bits per heavy atom. The molecule has 1 aromatic heterocycles. The van der Waals surface area contributed by atoms with Crippen molar-refractivity contribution in [3.05, 3.63) is 75.4 Å². The third kappa shape index (κ3) is 2.71. The maximum absolute atomic E-state index is 13.4. The van der Waals surface area contributed by atoms with Gasteiger partial charge in [0.2, 0.25) is 0 Å². The number of nitrogens with one attached hydrogen (secondary N) is 2. The van der Waals surface area contributed by atoms with Gasteiger partial charge in [0.1, 0.15) is 11.5 Å². The number of halogens is 2. The molecular formula is C16H10ClFN2O2. The number of hydrogen-bond acceptors (Lipinski definition) is 2. The second-order valence-electron chi connectivity index (χ2n) is 4.68. The Hall–Kier alpha value is -2.66. The zero-order valence-electron chi connectivity index (χ0n) is 11.2. The zero-order valence-corrected chi connectivity index (χ0v) is 11.9. The van der Waals surface area contributed by atoms with Gasteiger partial charge >= 0.3 is 0 Å². The second-order valence-corrected chi connectivity index (χ2v) is 5.09. The van der Waals surface area contributed by atoms with Crippen molar-refractivity contribution in [3.63, 3.8) is 0 Å². The highest BCUT2D eigenvalue weighted by atomic mass is 35.5. The smallest absolute Gasteiger partial charge is 0.272 e. The number of carbonyl (C=O) groups is 1. The van der Waals surface area contributed by atoms with Crippen LogP contribution in [0.15, 0.2) is 53.3 Å². The van der Waals surface area contributed by atoms with Crippen LogP contribution in [0.1, 0.15) is 10.5 Å². The molecule has 0 saturated heterocycles. The first-order valence-corrected chi connectivity index (χ1v) is 6.81. The highest BCUT2D eigenvalue weighted by Crippen LogP contribution is 2.19. The van der Waals surface area contributed by atoms with Crippen LogP contribution in [0, 0.1) is 5.82 Å². The molecule has 1 amide bonds. The molecule has 22 heavy (non-hydrogen) atoms. The number of benzene rings is 2. The predicted octanol–water partition coefficient (Wildman–Crippen LogP) is 3.57. The maximum atomic E-state index is 13.4. The summed E-state index contributed by atoms with van der Waals surface area (Å²) in [5.74, 6) is -1.17.